The Labute approximate surface area is 242 Å². The number of imidazole rings is 1. The van der Waals surface area contributed by atoms with Crippen molar-refractivity contribution in [1.82, 2.24) is 19.5 Å². The highest BCUT2D eigenvalue weighted by molar-refractivity contribution is 6.08. The minimum Gasteiger partial charge on any atom is -0.437 e. The number of para-hydroxylation sites is 2. The van der Waals surface area contributed by atoms with Gasteiger partial charge in [-0.1, -0.05) is 60.7 Å². The molecule has 8 rings (SSSR count). The van der Waals surface area contributed by atoms with Crippen molar-refractivity contribution in [2.75, 3.05) is 0 Å². The van der Waals surface area contributed by atoms with Gasteiger partial charge in [0.05, 0.1) is 12.7 Å². The highest BCUT2D eigenvalue weighted by Crippen LogP contribution is 2.38. The third-order valence-corrected chi connectivity index (χ3v) is 8.08. The smallest absolute Gasteiger partial charge is 0.298 e. The predicted octanol–water partition coefficient (Wildman–Crippen LogP) is 7.85. The Kier molecular flexibility index (Phi) is 5.47. The van der Waals surface area contributed by atoms with Gasteiger partial charge in [-0.15, -0.1) is 0 Å². The summed E-state index contributed by atoms with van der Waals surface area (Å²) in [5.41, 5.74) is 11.3. The number of hydrogen-bond acceptors (Lipinski definition) is 4. The maximum Gasteiger partial charge on any atom is 0.298 e. The molecule has 8 aromatic rings. The van der Waals surface area contributed by atoms with E-state index in [-0.39, 0.29) is 0 Å². The van der Waals surface area contributed by atoms with Crippen molar-refractivity contribution in [2.45, 2.75) is 6.92 Å². The molecule has 4 heterocycles. The van der Waals surface area contributed by atoms with Gasteiger partial charge in [0, 0.05) is 28.7 Å². The summed E-state index contributed by atoms with van der Waals surface area (Å²) in [7, 11) is 2.13. The third-order valence-electron chi connectivity index (χ3n) is 8.08. The predicted molar refractivity (Wildman–Crippen MR) is 166 cm³/mol. The number of aromatic nitrogens is 5. The van der Waals surface area contributed by atoms with E-state index >= 15 is 0 Å². The van der Waals surface area contributed by atoms with Crippen LogP contribution < -0.4 is 4.57 Å². The maximum absolute atomic E-state index is 6.43. The van der Waals surface area contributed by atoms with E-state index in [4.69, 9.17) is 4.42 Å². The average Bonchev–Trinajstić information content (AvgIpc) is 3.57. The highest BCUT2D eigenvalue weighted by atomic mass is 16.3. The van der Waals surface area contributed by atoms with E-state index in [9.17, 15) is 0 Å². The van der Waals surface area contributed by atoms with Crippen molar-refractivity contribution in [3.05, 3.63) is 127 Å². The van der Waals surface area contributed by atoms with Crippen LogP contribution in [0.4, 0.5) is 0 Å². The molecule has 0 bridgehead atoms. The first-order valence-electron chi connectivity index (χ1n) is 13.9. The van der Waals surface area contributed by atoms with Crippen molar-refractivity contribution in [2.24, 2.45) is 7.05 Å². The Hall–Kier alpha value is -5.62. The molecule has 0 aliphatic rings. The Morgan fingerprint density at radius 3 is 2.24 bits per heavy atom. The number of fused-ring (bicyclic) bond motifs is 4. The lowest BCUT2D eigenvalue weighted by molar-refractivity contribution is -0.633. The molecular formula is C36H26N5O+. The lowest BCUT2D eigenvalue weighted by Crippen LogP contribution is -2.30. The van der Waals surface area contributed by atoms with Gasteiger partial charge in [-0.25, -0.2) is 19.5 Å². The van der Waals surface area contributed by atoms with Crippen molar-refractivity contribution < 1.29 is 8.98 Å². The molecule has 4 aromatic heterocycles. The Bertz CT molecular complexity index is 2250. The molecule has 0 aliphatic carbocycles. The van der Waals surface area contributed by atoms with Gasteiger partial charge in [0.25, 0.3) is 5.82 Å². The zero-order valence-corrected chi connectivity index (χ0v) is 23.2. The lowest BCUT2D eigenvalue weighted by atomic mass is 10.0. The van der Waals surface area contributed by atoms with Crippen molar-refractivity contribution in [3.8, 4) is 39.5 Å². The van der Waals surface area contributed by atoms with Gasteiger partial charge in [0.2, 0.25) is 5.71 Å². The Morgan fingerprint density at radius 1 is 0.690 bits per heavy atom. The fraction of sp³-hybridized carbons (Fsp3) is 0.0556. The van der Waals surface area contributed by atoms with Crippen LogP contribution in [0.3, 0.4) is 0 Å². The monoisotopic (exact) mass is 544 g/mol. The number of hydrogen-bond donors (Lipinski definition) is 0. The summed E-state index contributed by atoms with van der Waals surface area (Å²) in [4.78, 5) is 12.9. The van der Waals surface area contributed by atoms with E-state index in [0.29, 0.717) is 5.71 Å². The molecule has 0 unspecified atom stereocenters. The van der Waals surface area contributed by atoms with E-state index in [1.165, 1.54) is 0 Å². The topological polar surface area (TPSA) is 60.6 Å². The van der Waals surface area contributed by atoms with Crippen LogP contribution in [0.5, 0.6) is 0 Å². The van der Waals surface area contributed by atoms with Crippen LogP contribution in [0.25, 0.3) is 72.6 Å². The minimum atomic E-state index is 0.653. The molecule has 0 amide bonds. The van der Waals surface area contributed by atoms with Gasteiger partial charge < -0.3 is 4.42 Å². The summed E-state index contributed by atoms with van der Waals surface area (Å²) in [6.07, 6.45) is 5.12. The fourth-order valence-corrected chi connectivity index (χ4v) is 6.00. The SMILES string of the molecule is Cc1ccc2c(oc3ncccc32)c1-c1n(-c2ccc(-c3ccc(-c4ccncn4)cc3)cc2)c2ccccc2[n+]1C. The van der Waals surface area contributed by atoms with E-state index in [2.05, 4.69) is 129 Å². The van der Waals surface area contributed by atoms with E-state index in [0.717, 1.165) is 72.4 Å². The molecule has 6 heteroatoms. The molecule has 0 spiro atoms. The van der Waals surface area contributed by atoms with Crippen LogP contribution in [0.15, 0.2) is 126 Å². The zero-order valence-electron chi connectivity index (χ0n) is 23.2. The number of benzene rings is 4. The Balaban J connectivity index is 1.29. The van der Waals surface area contributed by atoms with Gasteiger partial charge in [0.15, 0.2) is 16.6 Å². The highest BCUT2D eigenvalue weighted by Gasteiger charge is 2.30. The number of furan rings is 1. The van der Waals surface area contributed by atoms with Gasteiger partial charge >= 0.3 is 0 Å². The second-order valence-electron chi connectivity index (χ2n) is 10.5. The number of pyridine rings is 1. The largest absolute Gasteiger partial charge is 0.437 e. The van der Waals surface area contributed by atoms with Crippen LogP contribution in [0, 0.1) is 6.92 Å². The molecular weight excluding hydrogens is 518 g/mol. The summed E-state index contributed by atoms with van der Waals surface area (Å²) in [6.45, 7) is 2.14. The first kappa shape index (κ1) is 24.2. The maximum atomic E-state index is 6.43. The molecule has 6 nitrogen and oxygen atoms in total. The second kappa shape index (κ2) is 9.49. The second-order valence-corrected chi connectivity index (χ2v) is 10.5. The lowest BCUT2D eigenvalue weighted by Gasteiger charge is -2.09. The summed E-state index contributed by atoms with van der Waals surface area (Å²) >= 11 is 0. The molecule has 0 radical (unpaired) electrons. The quantitative estimate of drug-likeness (QED) is 0.212. The van der Waals surface area contributed by atoms with Crippen LogP contribution in [-0.2, 0) is 7.05 Å². The Morgan fingerprint density at radius 2 is 1.45 bits per heavy atom. The van der Waals surface area contributed by atoms with Gasteiger partial charge in [-0.3, -0.25) is 0 Å². The van der Waals surface area contributed by atoms with Gasteiger partial charge in [-0.05, 0) is 66.1 Å². The molecule has 4 aromatic carbocycles. The number of nitrogens with zero attached hydrogens (tertiary/aromatic N) is 5. The van der Waals surface area contributed by atoms with Crippen molar-refractivity contribution in [1.29, 1.82) is 0 Å². The van der Waals surface area contributed by atoms with E-state index < -0.39 is 0 Å². The van der Waals surface area contributed by atoms with Crippen LogP contribution in [-0.4, -0.2) is 19.5 Å². The molecule has 42 heavy (non-hydrogen) atoms. The fourth-order valence-electron chi connectivity index (χ4n) is 6.00. The molecule has 0 saturated heterocycles. The number of rotatable bonds is 4. The van der Waals surface area contributed by atoms with E-state index in [1.807, 2.05) is 12.1 Å². The molecule has 0 N–H and O–H groups in total. The first-order chi connectivity index (χ1) is 20.7. The summed E-state index contributed by atoms with van der Waals surface area (Å²) < 4.78 is 11.0. The van der Waals surface area contributed by atoms with Crippen molar-refractivity contribution in [3.63, 3.8) is 0 Å². The third kappa shape index (κ3) is 3.73. The molecule has 0 aliphatic heterocycles. The van der Waals surface area contributed by atoms with Crippen LogP contribution in [0.2, 0.25) is 0 Å². The minimum absolute atomic E-state index is 0.653. The van der Waals surface area contributed by atoms with Crippen molar-refractivity contribution >= 4 is 33.1 Å². The molecule has 0 atom stereocenters. The van der Waals surface area contributed by atoms with Crippen LogP contribution >= 0.6 is 0 Å². The summed E-state index contributed by atoms with van der Waals surface area (Å²) in [6, 6.07) is 36.0. The molecule has 200 valence electrons. The van der Waals surface area contributed by atoms with Gasteiger partial charge in [-0.2, -0.15) is 4.57 Å². The summed E-state index contributed by atoms with van der Waals surface area (Å²) in [5, 5.41) is 2.09. The zero-order chi connectivity index (χ0) is 28.2. The molecule has 0 fully saturated rings. The average molecular weight is 545 g/mol. The van der Waals surface area contributed by atoms with E-state index in [1.54, 1.807) is 18.7 Å². The standard InChI is InChI=1S/C36H26N5O/c1-23-9-18-28-29-6-5-20-38-35(29)42-34(28)33(23)36-40(2)31-7-3-4-8-32(31)41(36)27-16-14-25(15-17-27)24-10-12-26(13-11-24)30-19-21-37-22-39-30/h3-22H,1-2H3/q+1. The number of aryl methyl sites for hydroxylation is 2. The van der Waals surface area contributed by atoms with Gasteiger partial charge in [0.1, 0.15) is 17.6 Å². The van der Waals surface area contributed by atoms with Crippen LogP contribution in [0.1, 0.15) is 5.56 Å². The summed E-state index contributed by atoms with van der Waals surface area (Å²) in [5.74, 6) is 1.06. The molecule has 0 saturated carbocycles. The first-order valence-corrected chi connectivity index (χ1v) is 13.9. The normalized spacial score (nSPS) is 11.6.